The third-order valence-corrected chi connectivity index (χ3v) is 3.37. The normalized spacial score (nSPS) is 19.5. The minimum Gasteiger partial charge on any atom is -0.481 e. The van der Waals surface area contributed by atoms with Crippen LogP contribution in [-0.2, 0) is 16.0 Å². The molecule has 0 fully saturated rings. The van der Waals surface area contributed by atoms with Gasteiger partial charge in [0.25, 0.3) is 0 Å². The number of fused-ring (bicyclic) bond motifs is 1. The van der Waals surface area contributed by atoms with Crippen molar-refractivity contribution in [1.82, 2.24) is 5.32 Å². The second kappa shape index (κ2) is 5.88. The number of carbonyl (C=O) groups excluding carboxylic acids is 1. The Bertz CT molecular complexity index is 469. The monoisotopic (exact) mass is 266 g/mol. The molecule has 6 heteroatoms. The molecule has 2 atom stereocenters. The molecule has 1 aliphatic rings. The summed E-state index contributed by atoms with van der Waals surface area (Å²) in [6, 6.07) is 1.00. The number of aliphatic carboxylic acids is 1. The highest BCUT2D eigenvalue weighted by molar-refractivity contribution is 5.82. The summed E-state index contributed by atoms with van der Waals surface area (Å²) in [7, 11) is 0. The van der Waals surface area contributed by atoms with Crippen LogP contribution in [-0.4, -0.2) is 23.0 Å². The van der Waals surface area contributed by atoms with Gasteiger partial charge < -0.3 is 20.6 Å². The first-order valence-electron chi connectivity index (χ1n) is 6.42. The zero-order chi connectivity index (χ0) is 13.8. The molecule has 104 valence electrons. The van der Waals surface area contributed by atoms with E-state index < -0.39 is 12.0 Å². The summed E-state index contributed by atoms with van der Waals surface area (Å²) in [5.41, 5.74) is 6.68. The zero-order valence-corrected chi connectivity index (χ0v) is 10.6. The fourth-order valence-electron chi connectivity index (χ4n) is 2.33. The number of furan rings is 1. The molecule has 0 spiro atoms. The van der Waals surface area contributed by atoms with Gasteiger partial charge in [-0.25, -0.2) is 0 Å². The van der Waals surface area contributed by atoms with Crippen LogP contribution in [0.3, 0.4) is 0 Å². The maximum Gasteiger partial charge on any atom is 0.303 e. The van der Waals surface area contributed by atoms with E-state index in [1.165, 1.54) is 0 Å². The predicted octanol–water partition coefficient (Wildman–Crippen LogP) is 0.965. The van der Waals surface area contributed by atoms with Gasteiger partial charge in [0.1, 0.15) is 5.76 Å². The fourth-order valence-corrected chi connectivity index (χ4v) is 2.33. The highest BCUT2D eigenvalue weighted by atomic mass is 16.4. The summed E-state index contributed by atoms with van der Waals surface area (Å²) in [6.45, 7) is 0. The first-order valence-corrected chi connectivity index (χ1v) is 6.42. The van der Waals surface area contributed by atoms with Crippen molar-refractivity contribution in [3.8, 4) is 0 Å². The summed E-state index contributed by atoms with van der Waals surface area (Å²) in [5.74, 6) is -0.339. The van der Waals surface area contributed by atoms with Crippen molar-refractivity contribution >= 4 is 11.9 Å². The van der Waals surface area contributed by atoms with Crippen LogP contribution in [0.1, 0.15) is 43.0 Å². The number of rotatable bonds is 5. The molecule has 0 saturated carbocycles. The smallest absolute Gasteiger partial charge is 0.303 e. The Morgan fingerprint density at radius 1 is 1.58 bits per heavy atom. The lowest BCUT2D eigenvalue weighted by molar-refractivity contribution is -0.137. The Kier molecular flexibility index (Phi) is 4.21. The van der Waals surface area contributed by atoms with E-state index in [4.69, 9.17) is 15.3 Å². The van der Waals surface area contributed by atoms with Gasteiger partial charge in [-0.05, 0) is 25.3 Å². The lowest BCUT2D eigenvalue weighted by Gasteiger charge is -2.24. The third kappa shape index (κ3) is 3.35. The second-order valence-corrected chi connectivity index (χ2v) is 4.79. The minimum atomic E-state index is -0.946. The molecule has 2 unspecified atom stereocenters. The summed E-state index contributed by atoms with van der Waals surface area (Å²) in [6.07, 6.45) is 4.36. The molecule has 1 aliphatic carbocycles. The number of hydrogen-bond donors (Lipinski definition) is 3. The molecular formula is C13H18N2O4. The van der Waals surface area contributed by atoms with E-state index in [0.717, 1.165) is 30.6 Å². The Morgan fingerprint density at radius 2 is 2.37 bits per heavy atom. The number of hydrogen-bond acceptors (Lipinski definition) is 4. The Hall–Kier alpha value is -1.82. The van der Waals surface area contributed by atoms with Gasteiger partial charge in [-0.3, -0.25) is 9.59 Å². The number of carboxylic acid groups (broad SMARTS) is 1. The van der Waals surface area contributed by atoms with E-state index in [1.54, 1.807) is 6.26 Å². The maximum absolute atomic E-state index is 11.9. The molecule has 0 radical (unpaired) electrons. The first-order chi connectivity index (χ1) is 9.08. The van der Waals surface area contributed by atoms with E-state index >= 15 is 0 Å². The van der Waals surface area contributed by atoms with Crippen LogP contribution >= 0.6 is 0 Å². The standard InChI is InChI=1S/C13H18N2O4/c14-9(4-5-12(16)17)13(18)15-10-2-1-3-11-8(10)6-7-19-11/h6-7,9-10H,1-5,14H2,(H,15,18)(H,16,17). The Labute approximate surface area is 111 Å². The highest BCUT2D eigenvalue weighted by Crippen LogP contribution is 2.30. The Balaban J connectivity index is 1.91. The second-order valence-electron chi connectivity index (χ2n) is 4.79. The van der Waals surface area contributed by atoms with Gasteiger partial charge in [-0.15, -0.1) is 0 Å². The highest BCUT2D eigenvalue weighted by Gasteiger charge is 2.25. The summed E-state index contributed by atoms with van der Waals surface area (Å²) >= 11 is 0. The minimum absolute atomic E-state index is 0.0779. The number of nitrogens with one attached hydrogen (secondary N) is 1. The lowest BCUT2D eigenvalue weighted by Crippen LogP contribution is -2.43. The van der Waals surface area contributed by atoms with Crippen LogP contribution in [0, 0.1) is 0 Å². The number of carbonyl (C=O) groups is 2. The van der Waals surface area contributed by atoms with E-state index in [0.29, 0.717) is 0 Å². The molecule has 0 bridgehead atoms. The molecule has 4 N–H and O–H groups in total. The fraction of sp³-hybridized carbons (Fsp3) is 0.538. The molecule has 1 aromatic rings. The van der Waals surface area contributed by atoms with Gasteiger partial charge >= 0.3 is 5.97 Å². The van der Waals surface area contributed by atoms with Crippen molar-refractivity contribution in [2.24, 2.45) is 5.73 Å². The van der Waals surface area contributed by atoms with Crippen LogP contribution in [0.25, 0.3) is 0 Å². The molecular weight excluding hydrogens is 248 g/mol. The maximum atomic E-state index is 11.9. The van der Waals surface area contributed by atoms with Crippen LogP contribution in [0.5, 0.6) is 0 Å². The summed E-state index contributed by atoms with van der Waals surface area (Å²) in [5, 5.41) is 11.4. The zero-order valence-electron chi connectivity index (χ0n) is 10.6. The average molecular weight is 266 g/mol. The first kappa shape index (κ1) is 13.6. The van der Waals surface area contributed by atoms with Gasteiger partial charge in [0.2, 0.25) is 5.91 Å². The molecule has 6 nitrogen and oxygen atoms in total. The van der Waals surface area contributed by atoms with Gasteiger partial charge in [-0.1, -0.05) is 0 Å². The van der Waals surface area contributed by atoms with E-state index in [1.807, 2.05) is 6.07 Å². The molecule has 1 aromatic heterocycles. The van der Waals surface area contributed by atoms with Crippen LogP contribution in [0.4, 0.5) is 0 Å². The molecule has 1 heterocycles. The van der Waals surface area contributed by atoms with Crippen LogP contribution < -0.4 is 11.1 Å². The SMILES string of the molecule is NC(CCC(=O)O)C(=O)NC1CCCc2occc21. The number of nitrogens with two attached hydrogens (primary N) is 1. The van der Waals surface area contributed by atoms with E-state index in [-0.39, 0.29) is 24.8 Å². The van der Waals surface area contributed by atoms with Gasteiger partial charge in [0.15, 0.2) is 0 Å². The topological polar surface area (TPSA) is 106 Å². The van der Waals surface area contributed by atoms with Crippen LogP contribution in [0.2, 0.25) is 0 Å². The molecule has 0 aliphatic heterocycles. The quantitative estimate of drug-likeness (QED) is 0.736. The Morgan fingerprint density at radius 3 is 3.11 bits per heavy atom. The summed E-state index contributed by atoms with van der Waals surface area (Å²) < 4.78 is 5.35. The van der Waals surface area contributed by atoms with Crippen molar-refractivity contribution in [1.29, 1.82) is 0 Å². The lowest BCUT2D eigenvalue weighted by atomic mass is 9.93. The van der Waals surface area contributed by atoms with Crippen molar-refractivity contribution in [3.05, 3.63) is 23.7 Å². The number of amides is 1. The van der Waals surface area contributed by atoms with Crippen LogP contribution in [0.15, 0.2) is 16.7 Å². The molecule has 0 saturated heterocycles. The van der Waals surface area contributed by atoms with E-state index in [2.05, 4.69) is 5.32 Å². The van der Waals surface area contributed by atoms with Crippen molar-refractivity contribution in [2.75, 3.05) is 0 Å². The molecule has 0 aromatic carbocycles. The van der Waals surface area contributed by atoms with Gasteiger partial charge in [0, 0.05) is 18.4 Å². The molecule has 2 rings (SSSR count). The average Bonchev–Trinajstić information content (AvgIpc) is 2.85. The molecule has 1 amide bonds. The van der Waals surface area contributed by atoms with Crippen molar-refractivity contribution in [3.63, 3.8) is 0 Å². The van der Waals surface area contributed by atoms with Crippen molar-refractivity contribution < 1.29 is 19.1 Å². The molecule has 19 heavy (non-hydrogen) atoms. The van der Waals surface area contributed by atoms with Gasteiger partial charge in [0.05, 0.1) is 18.3 Å². The third-order valence-electron chi connectivity index (χ3n) is 3.37. The number of carboxylic acids is 1. The van der Waals surface area contributed by atoms with Gasteiger partial charge in [-0.2, -0.15) is 0 Å². The largest absolute Gasteiger partial charge is 0.481 e. The number of aryl methyl sites for hydroxylation is 1. The summed E-state index contributed by atoms with van der Waals surface area (Å²) in [4.78, 5) is 22.3. The predicted molar refractivity (Wildman–Crippen MR) is 67.4 cm³/mol. The van der Waals surface area contributed by atoms with Crippen molar-refractivity contribution in [2.45, 2.75) is 44.2 Å². The van der Waals surface area contributed by atoms with E-state index in [9.17, 15) is 9.59 Å².